The molecule has 1 aromatic rings. The minimum Gasteiger partial charge on any atom is -0.314 e. The quantitative estimate of drug-likeness (QED) is 0.698. The van der Waals surface area contributed by atoms with Crippen LogP contribution in [0.2, 0.25) is 0 Å². The topological polar surface area (TPSA) is 12.0 Å². The van der Waals surface area contributed by atoms with Gasteiger partial charge in [0.1, 0.15) is 0 Å². The highest BCUT2D eigenvalue weighted by Gasteiger charge is 2.29. The molecule has 1 atom stereocenters. The van der Waals surface area contributed by atoms with Crippen molar-refractivity contribution in [2.75, 3.05) is 6.54 Å². The molecule has 0 radical (unpaired) electrons. The van der Waals surface area contributed by atoms with Gasteiger partial charge in [-0.15, -0.1) is 11.3 Å². The van der Waals surface area contributed by atoms with E-state index in [1.165, 1.54) is 43.5 Å². The lowest BCUT2D eigenvalue weighted by Gasteiger charge is -2.15. The fourth-order valence-corrected chi connectivity index (χ4v) is 2.90. The van der Waals surface area contributed by atoms with Crippen LogP contribution in [0.5, 0.6) is 0 Å². The van der Waals surface area contributed by atoms with Crippen molar-refractivity contribution in [3.05, 3.63) is 22.4 Å². The van der Waals surface area contributed by atoms with Crippen LogP contribution in [-0.4, -0.2) is 12.6 Å². The number of nitrogens with one attached hydrogen (secondary N) is 1. The second-order valence-corrected chi connectivity index (χ2v) is 5.52. The Labute approximate surface area is 96.9 Å². The monoisotopic (exact) mass is 223 g/mol. The number of rotatable bonds is 7. The van der Waals surface area contributed by atoms with Crippen molar-refractivity contribution in [3.8, 4) is 0 Å². The summed E-state index contributed by atoms with van der Waals surface area (Å²) >= 11 is 1.88. The van der Waals surface area contributed by atoms with Gasteiger partial charge in [0, 0.05) is 10.9 Å². The molecule has 0 bridgehead atoms. The van der Waals surface area contributed by atoms with E-state index in [1.807, 2.05) is 11.3 Å². The molecular weight excluding hydrogens is 202 g/mol. The minimum absolute atomic E-state index is 0.799. The Morgan fingerprint density at radius 1 is 1.53 bits per heavy atom. The van der Waals surface area contributed by atoms with Gasteiger partial charge in [-0.05, 0) is 56.0 Å². The van der Waals surface area contributed by atoms with Crippen LogP contribution in [0.25, 0.3) is 0 Å². The third kappa shape index (κ3) is 3.62. The maximum absolute atomic E-state index is 3.70. The summed E-state index contributed by atoms with van der Waals surface area (Å²) in [4.78, 5) is 1.52. The molecule has 1 aliphatic carbocycles. The molecule has 0 aliphatic heterocycles. The first-order valence-corrected chi connectivity index (χ1v) is 7.04. The van der Waals surface area contributed by atoms with Crippen LogP contribution in [0.4, 0.5) is 0 Å². The van der Waals surface area contributed by atoms with E-state index in [1.54, 1.807) is 0 Å². The number of aryl methyl sites for hydroxylation is 1. The zero-order valence-electron chi connectivity index (χ0n) is 9.54. The summed E-state index contributed by atoms with van der Waals surface area (Å²) in [7, 11) is 0. The van der Waals surface area contributed by atoms with Crippen LogP contribution >= 0.6 is 11.3 Å². The Balaban J connectivity index is 1.58. The van der Waals surface area contributed by atoms with E-state index in [0.29, 0.717) is 0 Å². The van der Waals surface area contributed by atoms with Crippen molar-refractivity contribution in [1.29, 1.82) is 0 Å². The van der Waals surface area contributed by atoms with Gasteiger partial charge in [-0.2, -0.15) is 0 Å². The number of hydrogen-bond acceptors (Lipinski definition) is 2. The second-order valence-electron chi connectivity index (χ2n) is 4.49. The highest BCUT2D eigenvalue weighted by Crippen LogP contribution is 2.33. The predicted octanol–water partition coefficient (Wildman–Crippen LogP) is 3.46. The summed E-state index contributed by atoms with van der Waals surface area (Å²) in [6, 6.07) is 5.18. The molecule has 1 aliphatic rings. The van der Waals surface area contributed by atoms with E-state index in [-0.39, 0.29) is 0 Å². The van der Waals surface area contributed by atoms with Gasteiger partial charge in [0.05, 0.1) is 0 Å². The molecule has 1 unspecified atom stereocenters. The minimum atomic E-state index is 0.799. The molecule has 2 heteroatoms. The molecule has 1 saturated carbocycles. The molecule has 1 nitrogen and oxygen atoms in total. The van der Waals surface area contributed by atoms with Crippen molar-refractivity contribution in [2.45, 2.75) is 45.1 Å². The summed E-state index contributed by atoms with van der Waals surface area (Å²) < 4.78 is 0. The summed E-state index contributed by atoms with van der Waals surface area (Å²) in [6.45, 7) is 3.49. The first-order chi connectivity index (χ1) is 7.40. The van der Waals surface area contributed by atoms with Crippen molar-refractivity contribution in [3.63, 3.8) is 0 Å². The average molecular weight is 223 g/mol. The van der Waals surface area contributed by atoms with Crippen molar-refractivity contribution in [1.82, 2.24) is 5.32 Å². The van der Waals surface area contributed by atoms with E-state index >= 15 is 0 Å². The van der Waals surface area contributed by atoms with Crippen LogP contribution in [-0.2, 0) is 6.42 Å². The Bertz CT molecular complexity index is 264. The van der Waals surface area contributed by atoms with Crippen LogP contribution in [0, 0.1) is 5.92 Å². The lowest BCUT2D eigenvalue weighted by molar-refractivity contribution is 0.446. The second kappa shape index (κ2) is 5.66. The van der Waals surface area contributed by atoms with Crippen LogP contribution in [0.3, 0.4) is 0 Å². The molecule has 1 aromatic heterocycles. The number of thiophene rings is 1. The fourth-order valence-electron chi connectivity index (χ4n) is 2.15. The van der Waals surface area contributed by atoms with Gasteiger partial charge in [0.15, 0.2) is 0 Å². The molecule has 84 valence electrons. The van der Waals surface area contributed by atoms with Gasteiger partial charge in [-0.3, -0.25) is 0 Å². The largest absolute Gasteiger partial charge is 0.314 e. The molecule has 0 spiro atoms. The van der Waals surface area contributed by atoms with Crippen molar-refractivity contribution >= 4 is 11.3 Å². The molecule has 0 aromatic carbocycles. The molecule has 0 saturated heterocycles. The smallest absolute Gasteiger partial charge is 0.00927 e. The number of hydrogen-bond donors (Lipinski definition) is 1. The van der Waals surface area contributed by atoms with Gasteiger partial charge in [-0.1, -0.05) is 13.0 Å². The molecule has 0 amide bonds. The van der Waals surface area contributed by atoms with Gasteiger partial charge < -0.3 is 5.32 Å². The summed E-state index contributed by atoms with van der Waals surface area (Å²) in [6.07, 6.45) is 6.73. The highest BCUT2D eigenvalue weighted by atomic mass is 32.1. The van der Waals surface area contributed by atoms with E-state index in [0.717, 1.165) is 12.0 Å². The maximum Gasteiger partial charge on any atom is 0.00927 e. The molecule has 2 rings (SSSR count). The lowest BCUT2D eigenvalue weighted by atomic mass is 10.1. The van der Waals surface area contributed by atoms with E-state index in [4.69, 9.17) is 0 Å². The van der Waals surface area contributed by atoms with E-state index in [2.05, 4.69) is 29.8 Å². The lowest BCUT2D eigenvalue weighted by Crippen LogP contribution is -2.31. The normalized spacial score (nSPS) is 17.9. The maximum atomic E-state index is 3.70. The van der Waals surface area contributed by atoms with Gasteiger partial charge in [-0.25, -0.2) is 0 Å². The Morgan fingerprint density at radius 3 is 3.00 bits per heavy atom. The first kappa shape index (κ1) is 11.2. The molecular formula is C13H21NS. The van der Waals surface area contributed by atoms with Crippen LogP contribution < -0.4 is 5.32 Å². The third-order valence-electron chi connectivity index (χ3n) is 3.22. The first-order valence-electron chi connectivity index (χ1n) is 6.16. The Morgan fingerprint density at radius 2 is 2.40 bits per heavy atom. The van der Waals surface area contributed by atoms with Crippen molar-refractivity contribution < 1.29 is 0 Å². The van der Waals surface area contributed by atoms with E-state index < -0.39 is 0 Å². The molecule has 1 fully saturated rings. The highest BCUT2D eigenvalue weighted by molar-refractivity contribution is 7.09. The van der Waals surface area contributed by atoms with Crippen LogP contribution in [0.15, 0.2) is 17.5 Å². The van der Waals surface area contributed by atoms with Crippen molar-refractivity contribution in [2.24, 2.45) is 5.92 Å². The van der Waals surface area contributed by atoms with Crippen LogP contribution in [0.1, 0.15) is 37.5 Å². The van der Waals surface area contributed by atoms with Gasteiger partial charge in [0.25, 0.3) is 0 Å². The third-order valence-corrected chi connectivity index (χ3v) is 4.15. The Hall–Kier alpha value is -0.340. The summed E-state index contributed by atoms with van der Waals surface area (Å²) in [5.74, 6) is 0.997. The fraction of sp³-hybridized carbons (Fsp3) is 0.692. The van der Waals surface area contributed by atoms with Gasteiger partial charge >= 0.3 is 0 Å². The average Bonchev–Trinajstić information content (AvgIpc) is 2.95. The van der Waals surface area contributed by atoms with Gasteiger partial charge in [0.2, 0.25) is 0 Å². The summed E-state index contributed by atoms with van der Waals surface area (Å²) in [5, 5.41) is 5.87. The molecule has 1 heterocycles. The molecule has 15 heavy (non-hydrogen) atoms. The van der Waals surface area contributed by atoms with E-state index in [9.17, 15) is 0 Å². The SMILES string of the molecule is CCC(NCCCc1cccs1)C1CC1. The molecule has 1 N–H and O–H groups in total. The Kier molecular flexibility index (Phi) is 4.21. The predicted molar refractivity (Wildman–Crippen MR) is 67.4 cm³/mol. The summed E-state index contributed by atoms with van der Waals surface area (Å²) in [5.41, 5.74) is 0. The zero-order valence-corrected chi connectivity index (χ0v) is 10.4. The zero-order chi connectivity index (χ0) is 10.5. The standard InChI is InChI=1S/C13H21NS/c1-2-13(11-7-8-11)14-9-3-5-12-6-4-10-15-12/h4,6,10-11,13-14H,2-3,5,7-9H2,1H3.